The number of aromatic nitrogens is 2. The van der Waals surface area contributed by atoms with Crippen molar-refractivity contribution in [2.75, 3.05) is 25.5 Å². The summed E-state index contributed by atoms with van der Waals surface area (Å²) in [5.74, 6) is 1.57. The minimum atomic E-state index is 0.629. The Morgan fingerprint density at radius 3 is 2.73 bits per heavy atom. The largest absolute Gasteiger partial charge is 0.358 e. The highest BCUT2D eigenvalue weighted by atomic mass is 15.2. The van der Waals surface area contributed by atoms with E-state index >= 15 is 0 Å². The second-order valence-corrected chi connectivity index (χ2v) is 4.17. The summed E-state index contributed by atoms with van der Waals surface area (Å²) in [4.78, 5) is 10.8. The van der Waals surface area contributed by atoms with E-state index in [0.717, 1.165) is 24.6 Å². The van der Waals surface area contributed by atoms with E-state index in [0.29, 0.717) is 5.92 Å². The van der Waals surface area contributed by atoms with Crippen molar-refractivity contribution in [3.05, 3.63) is 18.1 Å². The van der Waals surface area contributed by atoms with Crippen molar-refractivity contribution in [2.24, 2.45) is 5.92 Å². The van der Waals surface area contributed by atoms with E-state index in [2.05, 4.69) is 34.0 Å². The molecule has 1 rings (SSSR count). The molecule has 0 aliphatic carbocycles. The molecule has 0 aromatic carbocycles. The molecule has 1 heterocycles. The average Bonchev–Trinajstić information content (AvgIpc) is 2.17. The van der Waals surface area contributed by atoms with Gasteiger partial charge in [-0.2, -0.15) is 0 Å². The normalized spacial score (nSPS) is 10.7. The van der Waals surface area contributed by atoms with E-state index in [1.807, 2.05) is 20.3 Å². The third-order valence-electron chi connectivity index (χ3n) is 2.06. The fraction of sp³-hybridized carbons (Fsp3) is 0.636. The fourth-order valence-corrected chi connectivity index (χ4v) is 1.49. The van der Waals surface area contributed by atoms with Crippen LogP contribution in [-0.4, -0.2) is 30.6 Å². The predicted octanol–water partition coefficient (Wildman–Crippen LogP) is 1.29. The molecule has 0 aliphatic rings. The summed E-state index contributed by atoms with van der Waals surface area (Å²) in [5.41, 5.74) is 0.977. The lowest BCUT2D eigenvalue weighted by Gasteiger charge is -2.20. The number of hydrogen-bond donors (Lipinski definition) is 1. The Labute approximate surface area is 91.7 Å². The first-order chi connectivity index (χ1) is 7.13. The summed E-state index contributed by atoms with van der Waals surface area (Å²) in [6.07, 6.45) is 3.60. The Balaban J connectivity index is 2.71. The van der Waals surface area contributed by atoms with Gasteiger partial charge >= 0.3 is 0 Å². The lowest BCUT2D eigenvalue weighted by Crippen LogP contribution is -2.24. The monoisotopic (exact) mass is 208 g/mol. The number of anilines is 1. The topological polar surface area (TPSA) is 41.1 Å². The van der Waals surface area contributed by atoms with E-state index in [1.54, 1.807) is 6.20 Å². The predicted molar refractivity (Wildman–Crippen MR) is 62.9 cm³/mol. The van der Waals surface area contributed by atoms with Crippen molar-refractivity contribution < 1.29 is 0 Å². The summed E-state index contributed by atoms with van der Waals surface area (Å²) in [7, 11) is 3.96. The van der Waals surface area contributed by atoms with Gasteiger partial charge in [0.15, 0.2) is 0 Å². The summed E-state index contributed by atoms with van der Waals surface area (Å²) >= 11 is 0. The van der Waals surface area contributed by atoms with Crippen LogP contribution in [0.15, 0.2) is 12.4 Å². The molecule has 1 N–H and O–H groups in total. The van der Waals surface area contributed by atoms with Gasteiger partial charge in [-0.3, -0.25) is 4.98 Å². The number of nitrogens with one attached hydrogen (secondary N) is 1. The van der Waals surface area contributed by atoms with Crippen LogP contribution in [0.4, 0.5) is 5.82 Å². The van der Waals surface area contributed by atoms with Gasteiger partial charge in [-0.25, -0.2) is 4.98 Å². The van der Waals surface area contributed by atoms with E-state index in [1.165, 1.54) is 0 Å². The third-order valence-corrected chi connectivity index (χ3v) is 2.06. The molecule has 0 saturated carbocycles. The molecular formula is C11H20N4. The molecule has 0 atom stereocenters. The third kappa shape index (κ3) is 3.83. The van der Waals surface area contributed by atoms with E-state index < -0.39 is 0 Å². The molecular weight excluding hydrogens is 188 g/mol. The van der Waals surface area contributed by atoms with Gasteiger partial charge < -0.3 is 10.2 Å². The Kier molecular flexibility index (Phi) is 4.49. The van der Waals surface area contributed by atoms with Crippen LogP contribution in [0.2, 0.25) is 0 Å². The van der Waals surface area contributed by atoms with Crippen LogP contribution in [0.25, 0.3) is 0 Å². The second-order valence-electron chi connectivity index (χ2n) is 4.17. The Hall–Kier alpha value is -1.16. The first-order valence-corrected chi connectivity index (χ1v) is 5.30. The van der Waals surface area contributed by atoms with E-state index in [4.69, 9.17) is 0 Å². The van der Waals surface area contributed by atoms with Crippen LogP contribution in [0.3, 0.4) is 0 Å². The van der Waals surface area contributed by atoms with E-state index in [-0.39, 0.29) is 0 Å². The molecule has 4 heteroatoms. The Bertz CT molecular complexity index is 298. The van der Waals surface area contributed by atoms with Crippen LogP contribution in [0, 0.1) is 5.92 Å². The summed E-state index contributed by atoms with van der Waals surface area (Å²) < 4.78 is 0. The second kappa shape index (κ2) is 5.66. The molecule has 0 amide bonds. The summed E-state index contributed by atoms with van der Waals surface area (Å²) in [6.45, 7) is 6.15. The maximum absolute atomic E-state index is 4.52. The molecule has 1 aromatic heterocycles. The highest BCUT2D eigenvalue weighted by Gasteiger charge is 2.05. The molecule has 0 saturated heterocycles. The first-order valence-electron chi connectivity index (χ1n) is 5.30. The summed E-state index contributed by atoms with van der Waals surface area (Å²) in [5, 5.41) is 3.07. The zero-order valence-corrected chi connectivity index (χ0v) is 9.99. The van der Waals surface area contributed by atoms with Gasteiger partial charge in [0.1, 0.15) is 5.82 Å². The van der Waals surface area contributed by atoms with Gasteiger partial charge in [-0.05, 0) is 13.0 Å². The maximum atomic E-state index is 4.52. The van der Waals surface area contributed by atoms with Crippen molar-refractivity contribution in [1.29, 1.82) is 0 Å². The van der Waals surface area contributed by atoms with Gasteiger partial charge in [-0.1, -0.05) is 13.8 Å². The van der Waals surface area contributed by atoms with Gasteiger partial charge in [0.2, 0.25) is 0 Å². The standard InChI is InChI=1S/C11H20N4/c1-9(2)8-15(4)11-7-13-6-10(14-11)5-12-3/h6-7,9,12H,5,8H2,1-4H3. The van der Waals surface area contributed by atoms with Crippen LogP contribution in [-0.2, 0) is 6.54 Å². The van der Waals surface area contributed by atoms with Crippen molar-refractivity contribution in [1.82, 2.24) is 15.3 Å². The van der Waals surface area contributed by atoms with Crippen LogP contribution >= 0.6 is 0 Å². The van der Waals surface area contributed by atoms with Gasteiger partial charge in [0.25, 0.3) is 0 Å². The summed E-state index contributed by atoms with van der Waals surface area (Å²) in [6, 6.07) is 0. The molecule has 84 valence electrons. The number of nitrogens with zero attached hydrogens (tertiary/aromatic N) is 3. The average molecular weight is 208 g/mol. The molecule has 1 aromatic rings. The van der Waals surface area contributed by atoms with Crippen LogP contribution in [0.5, 0.6) is 0 Å². The molecule has 4 nitrogen and oxygen atoms in total. The molecule has 0 spiro atoms. The highest BCUT2D eigenvalue weighted by Crippen LogP contribution is 2.09. The van der Waals surface area contributed by atoms with Crippen molar-refractivity contribution >= 4 is 5.82 Å². The SMILES string of the molecule is CNCc1cncc(N(C)CC(C)C)n1. The molecule has 0 unspecified atom stereocenters. The van der Waals surface area contributed by atoms with Crippen molar-refractivity contribution in [3.8, 4) is 0 Å². The van der Waals surface area contributed by atoms with Gasteiger partial charge in [0, 0.05) is 26.3 Å². The lowest BCUT2D eigenvalue weighted by atomic mass is 10.2. The zero-order valence-electron chi connectivity index (χ0n) is 9.99. The molecule has 0 aliphatic heterocycles. The molecule has 0 fully saturated rings. The Morgan fingerprint density at radius 2 is 2.13 bits per heavy atom. The minimum Gasteiger partial charge on any atom is -0.358 e. The lowest BCUT2D eigenvalue weighted by molar-refractivity contribution is 0.632. The molecule has 0 radical (unpaired) electrons. The number of hydrogen-bond acceptors (Lipinski definition) is 4. The molecule has 0 bridgehead atoms. The zero-order chi connectivity index (χ0) is 11.3. The smallest absolute Gasteiger partial charge is 0.147 e. The van der Waals surface area contributed by atoms with Crippen LogP contribution in [0.1, 0.15) is 19.5 Å². The van der Waals surface area contributed by atoms with Crippen molar-refractivity contribution in [3.63, 3.8) is 0 Å². The van der Waals surface area contributed by atoms with Crippen LogP contribution < -0.4 is 10.2 Å². The van der Waals surface area contributed by atoms with E-state index in [9.17, 15) is 0 Å². The number of rotatable bonds is 5. The van der Waals surface area contributed by atoms with Crippen molar-refractivity contribution in [2.45, 2.75) is 20.4 Å². The highest BCUT2D eigenvalue weighted by molar-refractivity contribution is 5.34. The maximum Gasteiger partial charge on any atom is 0.147 e. The van der Waals surface area contributed by atoms with Gasteiger partial charge in [-0.15, -0.1) is 0 Å². The minimum absolute atomic E-state index is 0.629. The molecule has 15 heavy (non-hydrogen) atoms. The van der Waals surface area contributed by atoms with Gasteiger partial charge in [0.05, 0.1) is 11.9 Å². The fourth-order valence-electron chi connectivity index (χ4n) is 1.49. The Morgan fingerprint density at radius 1 is 1.40 bits per heavy atom. The first kappa shape index (κ1) is 11.9. The quantitative estimate of drug-likeness (QED) is 0.791.